The molecule has 2 heterocycles. The maximum atomic E-state index is 11.5. The van der Waals surface area contributed by atoms with E-state index in [0.29, 0.717) is 6.42 Å². The molecule has 0 aromatic rings. The molecule has 0 aromatic carbocycles. The molecule has 2 rings (SSSR count). The number of esters is 2. The van der Waals surface area contributed by atoms with Crippen molar-refractivity contribution in [2.24, 2.45) is 11.8 Å². The Balaban J connectivity index is 1.81. The Hall–Kier alpha value is -0.940. The zero-order valence-electron chi connectivity index (χ0n) is 10.9. The summed E-state index contributed by atoms with van der Waals surface area (Å²) in [4.78, 5) is 22.8. The molecule has 5 nitrogen and oxygen atoms in total. The standard InChI is InChI=1S/C13H20O5/c1-8(17-11-5-3-4-6-16-11)7-10-9(2)12(14)18-13(10)15/h8-11H,3-7H2,1-2H3. The van der Waals surface area contributed by atoms with Gasteiger partial charge in [-0.2, -0.15) is 0 Å². The van der Waals surface area contributed by atoms with Crippen LogP contribution in [-0.2, 0) is 23.8 Å². The van der Waals surface area contributed by atoms with Crippen LogP contribution in [0, 0.1) is 11.8 Å². The first kappa shape index (κ1) is 13.5. The van der Waals surface area contributed by atoms with E-state index in [1.54, 1.807) is 6.92 Å². The molecule has 2 aliphatic heterocycles. The predicted molar refractivity (Wildman–Crippen MR) is 62.5 cm³/mol. The van der Waals surface area contributed by atoms with Crippen molar-refractivity contribution in [2.45, 2.75) is 51.9 Å². The molecule has 0 amide bonds. The lowest BCUT2D eigenvalue weighted by atomic mass is 9.91. The van der Waals surface area contributed by atoms with Crippen LogP contribution in [0.25, 0.3) is 0 Å². The predicted octanol–water partition coefficient (Wildman–Crippen LogP) is 1.64. The molecular weight excluding hydrogens is 236 g/mol. The van der Waals surface area contributed by atoms with Gasteiger partial charge in [0.25, 0.3) is 0 Å². The summed E-state index contributed by atoms with van der Waals surface area (Å²) in [7, 11) is 0. The van der Waals surface area contributed by atoms with Crippen LogP contribution in [0.3, 0.4) is 0 Å². The second-order valence-electron chi connectivity index (χ2n) is 5.11. The molecule has 4 atom stereocenters. The smallest absolute Gasteiger partial charge is 0.317 e. The van der Waals surface area contributed by atoms with Gasteiger partial charge in [0.05, 0.1) is 17.9 Å². The van der Waals surface area contributed by atoms with Crippen molar-refractivity contribution in [1.29, 1.82) is 0 Å². The van der Waals surface area contributed by atoms with E-state index in [1.807, 2.05) is 6.92 Å². The molecule has 18 heavy (non-hydrogen) atoms. The second-order valence-corrected chi connectivity index (χ2v) is 5.11. The Morgan fingerprint density at radius 3 is 2.67 bits per heavy atom. The van der Waals surface area contributed by atoms with Crippen molar-refractivity contribution >= 4 is 11.9 Å². The van der Waals surface area contributed by atoms with Crippen LogP contribution in [0.15, 0.2) is 0 Å². The molecule has 102 valence electrons. The molecule has 4 unspecified atom stereocenters. The fourth-order valence-corrected chi connectivity index (χ4v) is 2.43. The fourth-order valence-electron chi connectivity index (χ4n) is 2.43. The normalized spacial score (nSPS) is 34.4. The number of carbonyl (C=O) groups is 2. The molecular formula is C13H20O5. The number of cyclic esters (lactones) is 2. The summed E-state index contributed by atoms with van der Waals surface area (Å²) in [6.45, 7) is 4.36. The van der Waals surface area contributed by atoms with Gasteiger partial charge in [0, 0.05) is 6.61 Å². The molecule has 2 fully saturated rings. The summed E-state index contributed by atoms with van der Waals surface area (Å²) in [5, 5.41) is 0. The number of carbonyl (C=O) groups excluding carboxylic acids is 2. The molecule has 0 radical (unpaired) electrons. The lowest BCUT2D eigenvalue weighted by Gasteiger charge is -2.27. The molecule has 0 aliphatic carbocycles. The van der Waals surface area contributed by atoms with Crippen molar-refractivity contribution < 1.29 is 23.8 Å². The quantitative estimate of drug-likeness (QED) is 0.565. The Labute approximate surface area is 107 Å². The minimum atomic E-state index is -0.425. The third kappa shape index (κ3) is 3.09. The fraction of sp³-hybridized carbons (Fsp3) is 0.846. The van der Waals surface area contributed by atoms with Gasteiger partial charge in [0.2, 0.25) is 0 Å². The maximum absolute atomic E-state index is 11.5. The van der Waals surface area contributed by atoms with Gasteiger partial charge in [-0.05, 0) is 32.6 Å². The Kier molecular flexibility index (Phi) is 4.35. The number of ether oxygens (including phenoxy) is 3. The lowest BCUT2D eigenvalue weighted by Crippen LogP contribution is -2.29. The minimum absolute atomic E-state index is 0.112. The van der Waals surface area contributed by atoms with Gasteiger partial charge in [0.15, 0.2) is 6.29 Å². The third-order valence-corrected chi connectivity index (χ3v) is 3.59. The zero-order valence-corrected chi connectivity index (χ0v) is 10.9. The van der Waals surface area contributed by atoms with E-state index in [4.69, 9.17) is 9.47 Å². The van der Waals surface area contributed by atoms with Crippen molar-refractivity contribution in [3.63, 3.8) is 0 Å². The van der Waals surface area contributed by atoms with E-state index >= 15 is 0 Å². The van der Waals surface area contributed by atoms with Crippen LogP contribution in [0.2, 0.25) is 0 Å². The lowest BCUT2D eigenvalue weighted by molar-refractivity contribution is -0.188. The summed E-state index contributed by atoms with van der Waals surface area (Å²) in [5.41, 5.74) is 0. The van der Waals surface area contributed by atoms with E-state index in [1.165, 1.54) is 0 Å². The molecule has 0 saturated carbocycles. The minimum Gasteiger partial charge on any atom is -0.393 e. The SMILES string of the molecule is CC(CC1C(=O)OC(=O)C1C)OC1CCCCO1. The summed E-state index contributed by atoms with van der Waals surface area (Å²) in [6.07, 6.45) is 3.31. The number of hydrogen-bond acceptors (Lipinski definition) is 5. The Morgan fingerprint density at radius 2 is 2.11 bits per heavy atom. The Morgan fingerprint density at radius 1 is 1.33 bits per heavy atom. The van der Waals surface area contributed by atoms with Crippen LogP contribution in [0.1, 0.15) is 39.5 Å². The average Bonchev–Trinajstić information content (AvgIpc) is 2.57. The van der Waals surface area contributed by atoms with Gasteiger partial charge in [-0.3, -0.25) is 9.59 Å². The summed E-state index contributed by atoms with van der Waals surface area (Å²) >= 11 is 0. The summed E-state index contributed by atoms with van der Waals surface area (Å²) in [5.74, 6) is -1.59. The van der Waals surface area contributed by atoms with E-state index in [9.17, 15) is 9.59 Å². The van der Waals surface area contributed by atoms with Gasteiger partial charge in [-0.15, -0.1) is 0 Å². The first-order chi connectivity index (χ1) is 8.58. The van der Waals surface area contributed by atoms with E-state index in [2.05, 4.69) is 4.74 Å². The van der Waals surface area contributed by atoms with Crippen LogP contribution < -0.4 is 0 Å². The number of rotatable bonds is 4. The Bertz CT molecular complexity index is 321. The molecule has 0 spiro atoms. The van der Waals surface area contributed by atoms with Crippen molar-refractivity contribution in [2.75, 3.05) is 6.61 Å². The van der Waals surface area contributed by atoms with Gasteiger partial charge in [0.1, 0.15) is 0 Å². The molecule has 2 saturated heterocycles. The summed E-state index contributed by atoms with van der Waals surface area (Å²) < 4.78 is 15.8. The van der Waals surface area contributed by atoms with Gasteiger partial charge < -0.3 is 14.2 Å². The van der Waals surface area contributed by atoms with Crippen LogP contribution in [0.4, 0.5) is 0 Å². The maximum Gasteiger partial charge on any atom is 0.317 e. The van der Waals surface area contributed by atoms with Crippen molar-refractivity contribution in [3.8, 4) is 0 Å². The largest absolute Gasteiger partial charge is 0.393 e. The van der Waals surface area contributed by atoms with Gasteiger partial charge in [-0.1, -0.05) is 6.92 Å². The molecule has 0 bridgehead atoms. The van der Waals surface area contributed by atoms with Gasteiger partial charge >= 0.3 is 11.9 Å². The zero-order chi connectivity index (χ0) is 13.1. The average molecular weight is 256 g/mol. The summed E-state index contributed by atoms with van der Waals surface area (Å²) in [6, 6.07) is 0. The second kappa shape index (κ2) is 5.80. The monoisotopic (exact) mass is 256 g/mol. The van der Waals surface area contributed by atoms with Gasteiger partial charge in [-0.25, -0.2) is 0 Å². The first-order valence-corrected chi connectivity index (χ1v) is 6.60. The highest BCUT2D eigenvalue weighted by atomic mass is 16.7. The third-order valence-electron chi connectivity index (χ3n) is 3.59. The molecule has 0 aromatic heterocycles. The highest BCUT2D eigenvalue weighted by Crippen LogP contribution is 2.28. The van der Waals surface area contributed by atoms with Crippen molar-refractivity contribution in [1.82, 2.24) is 0 Å². The molecule has 2 aliphatic rings. The molecule has 5 heteroatoms. The van der Waals surface area contributed by atoms with Crippen LogP contribution in [-0.4, -0.2) is 30.9 Å². The first-order valence-electron chi connectivity index (χ1n) is 6.60. The van der Waals surface area contributed by atoms with Crippen LogP contribution >= 0.6 is 0 Å². The van der Waals surface area contributed by atoms with E-state index in [-0.39, 0.29) is 24.2 Å². The van der Waals surface area contributed by atoms with E-state index in [0.717, 1.165) is 25.9 Å². The topological polar surface area (TPSA) is 61.8 Å². The van der Waals surface area contributed by atoms with Crippen molar-refractivity contribution in [3.05, 3.63) is 0 Å². The highest BCUT2D eigenvalue weighted by Gasteiger charge is 2.42. The van der Waals surface area contributed by atoms with E-state index < -0.39 is 11.9 Å². The van der Waals surface area contributed by atoms with Crippen LogP contribution in [0.5, 0.6) is 0 Å². The number of hydrogen-bond donors (Lipinski definition) is 0. The highest BCUT2D eigenvalue weighted by molar-refractivity contribution is 5.96. The molecule has 0 N–H and O–H groups in total.